The molecule has 16 heteroatoms. The van der Waals surface area contributed by atoms with Crippen molar-refractivity contribution in [2.45, 2.75) is 37.8 Å². The summed E-state index contributed by atoms with van der Waals surface area (Å²) in [4.78, 5) is 51.5. The number of hydrogen-bond acceptors (Lipinski definition) is 10. The van der Waals surface area contributed by atoms with Crippen molar-refractivity contribution in [2.75, 3.05) is 30.6 Å². The third kappa shape index (κ3) is 10.2. The maximum atomic E-state index is 14.3. The van der Waals surface area contributed by atoms with Crippen LogP contribution in [0.3, 0.4) is 0 Å². The average Bonchev–Trinajstić information content (AvgIpc) is 3.36. The van der Waals surface area contributed by atoms with Gasteiger partial charge in [-0.1, -0.05) is 29.8 Å². The summed E-state index contributed by atoms with van der Waals surface area (Å²) in [6.07, 6.45) is 0.689. The van der Waals surface area contributed by atoms with Crippen LogP contribution in [0.4, 0.5) is 31.0 Å². The van der Waals surface area contributed by atoms with Crippen LogP contribution in [-0.4, -0.2) is 47.5 Å². The number of rotatable bonds is 7. The van der Waals surface area contributed by atoms with Crippen molar-refractivity contribution >= 4 is 69.9 Å². The molecule has 0 atom stereocenters. The number of hydrogen-bond donors (Lipinski definition) is 2. The van der Waals surface area contributed by atoms with Gasteiger partial charge in [0.2, 0.25) is 4.80 Å². The van der Waals surface area contributed by atoms with E-state index < -0.39 is 24.0 Å². The lowest BCUT2D eigenvalue weighted by molar-refractivity contribution is -0.137. The highest BCUT2D eigenvalue weighted by Crippen LogP contribution is 2.33. The summed E-state index contributed by atoms with van der Waals surface area (Å²) in [5.41, 5.74) is 2.23. The second-order valence-corrected chi connectivity index (χ2v) is 12.2. The van der Waals surface area contributed by atoms with Crippen molar-refractivity contribution in [3.8, 4) is 5.75 Å². The topological polar surface area (TPSA) is 142 Å². The molecule has 0 fully saturated rings. The van der Waals surface area contributed by atoms with E-state index in [1.54, 1.807) is 33.6 Å². The second-order valence-electron chi connectivity index (χ2n) is 9.84. The van der Waals surface area contributed by atoms with E-state index in [1.165, 1.54) is 26.4 Å². The molecular formula is C31H31ClFN5O7S2. The number of nitrogens with one attached hydrogen (secondary N) is 2. The summed E-state index contributed by atoms with van der Waals surface area (Å²) in [6.45, 7) is 3.25. The third-order valence-corrected chi connectivity index (χ3v) is 8.75. The van der Waals surface area contributed by atoms with Gasteiger partial charge < -0.3 is 14.2 Å². The normalized spacial score (nSPS) is 12.2. The summed E-state index contributed by atoms with van der Waals surface area (Å²) in [5.74, 6) is -0.619. The minimum Gasteiger partial charge on any atom is -0.468 e. The minimum atomic E-state index is -0.610. The molecule has 5 rings (SSSR count). The lowest BCUT2D eigenvalue weighted by Gasteiger charge is -2.15. The molecule has 2 heterocycles. The van der Waals surface area contributed by atoms with Gasteiger partial charge in [-0.15, -0.1) is 11.8 Å². The summed E-state index contributed by atoms with van der Waals surface area (Å²) < 4.78 is 31.9. The fourth-order valence-corrected chi connectivity index (χ4v) is 6.20. The Bertz CT molecular complexity index is 1890. The van der Waals surface area contributed by atoms with E-state index in [4.69, 9.17) is 16.3 Å². The van der Waals surface area contributed by atoms with Crippen LogP contribution in [0.2, 0.25) is 5.02 Å². The van der Waals surface area contributed by atoms with E-state index in [0.717, 1.165) is 47.6 Å². The predicted molar refractivity (Wildman–Crippen MR) is 178 cm³/mol. The fraction of sp³-hybridized carbons (Fsp3) is 0.258. The molecule has 12 nitrogen and oxygen atoms in total. The molecule has 0 radical (unpaired) electrons. The van der Waals surface area contributed by atoms with Gasteiger partial charge in [0.05, 0.1) is 25.0 Å². The minimum absolute atomic E-state index is 0.0605. The molecule has 0 bridgehead atoms. The average molecular weight is 704 g/mol. The number of anilines is 2. The van der Waals surface area contributed by atoms with Gasteiger partial charge in [0.15, 0.2) is 0 Å². The van der Waals surface area contributed by atoms with E-state index in [9.17, 15) is 23.6 Å². The molecule has 0 aliphatic carbocycles. The van der Waals surface area contributed by atoms with Crippen LogP contribution in [0, 0.1) is 12.7 Å². The van der Waals surface area contributed by atoms with Crippen molar-refractivity contribution in [3.05, 3.63) is 91.5 Å². The van der Waals surface area contributed by atoms with Gasteiger partial charge in [0.25, 0.3) is 0 Å². The molecule has 1 aliphatic heterocycles. The standard InChI is InChI=1S/C16H16N2O4.C15H15ClFN3O3S2/c1-11-5-3-6-12(9-11)18-16(20)22-14-8-4-7-13(10-14)17-15(19)21-2;1-23-13(21)8-24-12-7-11(10(17)6-9(12)16)18-14-19-4-2-3-5-20(19)15(22)25-14/h3-10H,1-2H3,(H,17,19)(H,18,20);6-7H,2-5,8H2,1H3. The predicted octanol–water partition coefficient (Wildman–Crippen LogP) is 6.58. The number of carbonyl (C=O) groups excluding carboxylic acids is 3. The quantitative estimate of drug-likeness (QED) is 0.162. The number of methoxy groups -OCH3 is 2. The van der Waals surface area contributed by atoms with Crippen LogP contribution in [0.5, 0.6) is 5.75 Å². The molecule has 1 aromatic heterocycles. The van der Waals surface area contributed by atoms with Crippen LogP contribution in [0.1, 0.15) is 18.4 Å². The van der Waals surface area contributed by atoms with Crippen molar-refractivity contribution in [1.29, 1.82) is 0 Å². The number of nitrogens with zero attached hydrogens (tertiary/aromatic N) is 3. The zero-order valence-corrected chi connectivity index (χ0v) is 28.0. The van der Waals surface area contributed by atoms with E-state index in [0.29, 0.717) is 39.9 Å². The molecule has 4 aromatic rings. The Morgan fingerprint density at radius 3 is 2.34 bits per heavy atom. The van der Waals surface area contributed by atoms with Gasteiger partial charge in [0.1, 0.15) is 17.3 Å². The zero-order valence-electron chi connectivity index (χ0n) is 25.6. The van der Waals surface area contributed by atoms with Crippen LogP contribution in [-0.2, 0) is 27.4 Å². The number of halogens is 2. The molecule has 3 aromatic carbocycles. The number of aromatic nitrogens is 2. The highest BCUT2D eigenvalue weighted by atomic mass is 35.5. The smallest absolute Gasteiger partial charge is 0.417 e. The molecule has 0 unspecified atom stereocenters. The van der Waals surface area contributed by atoms with E-state index in [1.807, 2.05) is 25.1 Å². The van der Waals surface area contributed by atoms with Gasteiger partial charge in [-0.05, 0) is 73.1 Å². The van der Waals surface area contributed by atoms with Gasteiger partial charge in [-0.3, -0.25) is 24.9 Å². The molecule has 2 N–H and O–H groups in total. The Morgan fingerprint density at radius 1 is 0.957 bits per heavy atom. The van der Waals surface area contributed by atoms with Gasteiger partial charge in [-0.25, -0.2) is 23.7 Å². The third-order valence-electron chi connectivity index (χ3n) is 6.42. The van der Waals surface area contributed by atoms with Crippen LogP contribution >= 0.6 is 34.7 Å². The SMILES string of the molecule is COC(=O)CSc1cc(N=c2sc(=O)n3n2CCCC3)c(F)cc1Cl.COC(=O)Nc1cccc(OC(=O)Nc2cccc(C)c2)c1. The summed E-state index contributed by atoms with van der Waals surface area (Å²) in [6, 6.07) is 16.4. The van der Waals surface area contributed by atoms with E-state index in [2.05, 4.69) is 25.1 Å². The van der Waals surface area contributed by atoms with Crippen LogP contribution in [0.25, 0.3) is 0 Å². The van der Waals surface area contributed by atoms with Crippen molar-refractivity contribution in [3.63, 3.8) is 0 Å². The molecule has 248 valence electrons. The molecule has 1 aliphatic rings. The lowest BCUT2D eigenvalue weighted by atomic mass is 10.2. The van der Waals surface area contributed by atoms with E-state index in [-0.39, 0.29) is 21.3 Å². The van der Waals surface area contributed by atoms with Crippen LogP contribution in [0.15, 0.2) is 75.3 Å². The van der Waals surface area contributed by atoms with Crippen molar-refractivity contribution in [1.82, 2.24) is 9.36 Å². The Kier molecular flexibility index (Phi) is 12.6. The van der Waals surface area contributed by atoms with Gasteiger partial charge in [0, 0.05) is 35.4 Å². The summed E-state index contributed by atoms with van der Waals surface area (Å²) in [7, 11) is 2.57. The zero-order chi connectivity index (χ0) is 33.9. The largest absolute Gasteiger partial charge is 0.468 e. The number of ether oxygens (including phenoxy) is 3. The number of fused-ring (bicyclic) bond motifs is 1. The van der Waals surface area contributed by atoms with Gasteiger partial charge in [-0.2, -0.15) is 0 Å². The number of amides is 2. The molecule has 0 saturated heterocycles. The van der Waals surface area contributed by atoms with Crippen molar-refractivity contribution < 1.29 is 33.0 Å². The molecule has 2 amide bonds. The first kappa shape index (κ1) is 35.3. The number of thioether (sulfide) groups is 1. The highest BCUT2D eigenvalue weighted by Gasteiger charge is 2.15. The first-order valence-electron chi connectivity index (χ1n) is 14.1. The maximum Gasteiger partial charge on any atom is 0.417 e. The summed E-state index contributed by atoms with van der Waals surface area (Å²) in [5, 5.41) is 5.32. The number of carbonyl (C=O) groups is 3. The number of benzene rings is 3. The Labute approximate surface area is 282 Å². The van der Waals surface area contributed by atoms with Crippen LogP contribution < -0.4 is 25.0 Å². The number of aryl methyl sites for hydroxylation is 1. The highest BCUT2D eigenvalue weighted by molar-refractivity contribution is 8.00. The Balaban J connectivity index is 0.000000215. The second kappa shape index (κ2) is 16.8. The molecule has 0 spiro atoms. The Hall–Kier alpha value is -4.60. The molecule has 47 heavy (non-hydrogen) atoms. The molecular weight excluding hydrogens is 673 g/mol. The van der Waals surface area contributed by atoms with Crippen molar-refractivity contribution in [2.24, 2.45) is 4.99 Å². The first-order chi connectivity index (χ1) is 22.6. The lowest BCUT2D eigenvalue weighted by Crippen LogP contribution is -2.31. The summed E-state index contributed by atoms with van der Waals surface area (Å²) >= 11 is 8.17. The molecule has 0 saturated carbocycles. The number of esters is 1. The monoisotopic (exact) mass is 703 g/mol. The Morgan fingerprint density at radius 2 is 1.64 bits per heavy atom. The fourth-order valence-electron chi connectivity index (χ4n) is 4.21. The van der Waals surface area contributed by atoms with Gasteiger partial charge >= 0.3 is 23.0 Å². The maximum absolute atomic E-state index is 14.3. The van der Waals surface area contributed by atoms with E-state index >= 15 is 0 Å². The first-order valence-corrected chi connectivity index (χ1v) is 16.3.